The van der Waals surface area contributed by atoms with Gasteiger partial charge in [0.15, 0.2) is 0 Å². The average molecular weight is 287 g/mol. The molecule has 3 rings (SSSR count). The minimum atomic E-state index is 0.298. The van der Waals surface area contributed by atoms with Gasteiger partial charge in [0.25, 0.3) is 0 Å². The van der Waals surface area contributed by atoms with E-state index < -0.39 is 0 Å². The van der Waals surface area contributed by atoms with Gasteiger partial charge in [-0.25, -0.2) is 0 Å². The molecule has 0 aliphatic heterocycles. The van der Waals surface area contributed by atoms with E-state index in [9.17, 15) is 0 Å². The van der Waals surface area contributed by atoms with Crippen LogP contribution in [0.1, 0.15) is 57.4 Å². The standard InChI is InChI=1S/C19H29NO/c1-3-12-20-15-19(13-18(14-19)10-6-7-11-18)16-8-4-5-9-17(16)21-2/h4-5,8-9,20H,3,6-7,10-15H2,1-2H3. The predicted octanol–water partition coefficient (Wildman–Crippen LogP) is 4.29. The van der Waals surface area contributed by atoms with E-state index in [1.54, 1.807) is 7.11 Å². The Balaban J connectivity index is 1.83. The lowest BCUT2D eigenvalue weighted by Gasteiger charge is -2.56. The van der Waals surface area contributed by atoms with Crippen molar-refractivity contribution in [3.63, 3.8) is 0 Å². The number of ether oxygens (including phenoxy) is 1. The molecule has 0 saturated heterocycles. The maximum atomic E-state index is 5.66. The van der Waals surface area contributed by atoms with E-state index in [0.717, 1.165) is 18.8 Å². The lowest BCUT2D eigenvalue weighted by molar-refractivity contribution is 0.0256. The zero-order valence-electron chi connectivity index (χ0n) is 13.6. The quantitative estimate of drug-likeness (QED) is 0.788. The zero-order chi connectivity index (χ0) is 14.8. The van der Waals surface area contributed by atoms with E-state index in [1.807, 2.05) is 0 Å². The fourth-order valence-corrected chi connectivity index (χ4v) is 4.86. The van der Waals surface area contributed by atoms with E-state index in [2.05, 4.69) is 36.5 Å². The Hall–Kier alpha value is -1.02. The third-order valence-electron chi connectivity index (χ3n) is 5.66. The number of para-hydroxylation sites is 1. The lowest BCUT2D eigenvalue weighted by Crippen LogP contribution is -2.54. The molecule has 0 radical (unpaired) electrons. The van der Waals surface area contributed by atoms with E-state index in [-0.39, 0.29) is 0 Å². The van der Waals surface area contributed by atoms with Gasteiger partial charge in [0, 0.05) is 17.5 Å². The van der Waals surface area contributed by atoms with Crippen LogP contribution in [0.4, 0.5) is 0 Å². The fourth-order valence-electron chi connectivity index (χ4n) is 4.86. The van der Waals surface area contributed by atoms with E-state index in [1.165, 1.54) is 50.5 Å². The summed E-state index contributed by atoms with van der Waals surface area (Å²) in [5.74, 6) is 1.07. The molecule has 2 saturated carbocycles. The molecule has 0 aromatic heterocycles. The Morgan fingerprint density at radius 1 is 1.14 bits per heavy atom. The lowest BCUT2D eigenvalue weighted by atomic mass is 9.49. The van der Waals surface area contributed by atoms with Gasteiger partial charge in [0.1, 0.15) is 5.75 Å². The molecule has 1 aromatic carbocycles. The molecule has 2 aliphatic rings. The molecule has 2 fully saturated rings. The van der Waals surface area contributed by atoms with Crippen molar-refractivity contribution in [3.8, 4) is 5.75 Å². The normalized spacial score (nSPS) is 22.2. The maximum absolute atomic E-state index is 5.66. The molecule has 0 unspecified atom stereocenters. The zero-order valence-corrected chi connectivity index (χ0v) is 13.6. The highest BCUT2D eigenvalue weighted by atomic mass is 16.5. The number of methoxy groups -OCH3 is 1. The van der Waals surface area contributed by atoms with Gasteiger partial charge >= 0.3 is 0 Å². The van der Waals surface area contributed by atoms with Crippen molar-refractivity contribution in [2.75, 3.05) is 20.2 Å². The van der Waals surface area contributed by atoms with Crippen LogP contribution in [0.5, 0.6) is 5.75 Å². The van der Waals surface area contributed by atoms with Crippen LogP contribution < -0.4 is 10.1 Å². The smallest absolute Gasteiger partial charge is 0.122 e. The van der Waals surface area contributed by atoms with E-state index in [0.29, 0.717) is 10.8 Å². The summed E-state index contributed by atoms with van der Waals surface area (Å²) in [6.45, 7) is 4.45. The van der Waals surface area contributed by atoms with Gasteiger partial charge in [-0.05, 0) is 50.1 Å². The largest absolute Gasteiger partial charge is 0.496 e. The highest BCUT2D eigenvalue weighted by Gasteiger charge is 2.56. The number of rotatable bonds is 6. The summed E-state index contributed by atoms with van der Waals surface area (Å²) in [5, 5.41) is 3.68. The number of nitrogens with one attached hydrogen (secondary N) is 1. The third-order valence-corrected chi connectivity index (χ3v) is 5.66. The molecular weight excluding hydrogens is 258 g/mol. The van der Waals surface area contributed by atoms with Crippen molar-refractivity contribution in [3.05, 3.63) is 29.8 Å². The molecule has 1 spiro atoms. The van der Waals surface area contributed by atoms with Crippen molar-refractivity contribution < 1.29 is 4.74 Å². The van der Waals surface area contributed by atoms with Crippen molar-refractivity contribution in [1.29, 1.82) is 0 Å². The predicted molar refractivity (Wildman–Crippen MR) is 88.0 cm³/mol. The van der Waals surface area contributed by atoms with Crippen LogP contribution >= 0.6 is 0 Å². The van der Waals surface area contributed by atoms with Crippen LogP contribution in [-0.2, 0) is 5.41 Å². The van der Waals surface area contributed by atoms with E-state index >= 15 is 0 Å². The van der Waals surface area contributed by atoms with Crippen molar-refractivity contribution in [2.45, 2.75) is 57.3 Å². The molecular formula is C19H29NO. The van der Waals surface area contributed by atoms with Gasteiger partial charge in [-0.3, -0.25) is 0 Å². The molecule has 0 bridgehead atoms. The molecule has 1 N–H and O–H groups in total. The SMILES string of the molecule is CCCNCC1(c2ccccc2OC)CC2(CCCC2)C1. The van der Waals surface area contributed by atoms with Gasteiger partial charge in [0.2, 0.25) is 0 Å². The molecule has 0 atom stereocenters. The molecule has 116 valence electrons. The Morgan fingerprint density at radius 2 is 1.86 bits per heavy atom. The molecule has 1 aromatic rings. The Morgan fingerprint density at radius 3 is 2.52 bits per heavy atom. The van der Waals surface area contributed by atoms with Crippen LogP contribution in [0.3, 0.4) is 0 Å². The van der Waals surface area contributed by atoms with Crippen molar-refractivity contribution in [1.82, 2.24) is 5.32 Å². The van der Waals surface area contributed by atoms with Crippen LogP contribution in [0.25, 0.3) is 0 Å². The number of benzene rings is 1. The second-order valence-corrected chi connectivity index (χ2v) is 7.22. The van der Waals surface area contributed by atoms with Crippen LogP contribution in [0.15, 0.2) is 24.3 Å². The average Bonchev–Trinajstić information content (AvgIpc) is 2.95. The maximum Gasteiger partial charge on any atom is 0.122 e. The first-order valence-corrected chi connectivity index (χ1v) is 8.58. The summed E-state index contributed by atoms with van der Waals surface area (Å²) in [6, 6.07) is 8.66. The third kappa shape index (κ3) is 2.70. The van der Waals surface area contributed by atoms with Gasteiger partial charge in [-0.15, -0.1) is 0 Å². The van der Waals surface area contributed by atoms with E-state index in [4.69, 9.17) is 4.74 Å². The van der Waals surface area contributed by atoms with Crippen molar-refractivity contribution >= 4 is 0 Å². The van der Waals surface area contributed by atoms with Crippen molar-refractivity contribution in [2.24, 2.45) is 5.41 Å². The van der Waals surface area contributed by atoms with Crippen LogP contribution in [0, 0.1) is 5.41 Å². The number of hydrogen-bond acceptors (Lipinski definition) is 2. The van der Waals surface area contributed by atoms with Gasteiger partial charge in [-0.1, -0.05) is 38.0 Å². The van der Waals surface area contributed by atoms with Gasteiger partial charge < -0.3 is 10.1 Å². The highest BCUT2D eigenvalue weighted by Crippen LogP contribution is 2.63. The summed E-state index contributed by atoms with van der Waals surface area (Å²) < 4.78 is 5.66. The van der Waals surface area contributed by atoms with Crippen LogP contribution in [-0.4, -0.2) is 20.2 Å². The summed E-state index contributed by atoms with van der Waals surface area (Å²) in [4.78, 5) is 0. The minimum Gasteiger partial charge on any atom is -0.496 e. The highest BCUT2D eigenvalue weighted by molar-refractivity contribution is 5.43. The fraction of sp³-hybridized carbons (Fsp3) is 0.684. The molecule has 0 heterocycles. The van der Waals surface area contributed by atoms with Crippen LogP contribution in [0.2, 0.25) is 0 Å². The number of hydrogen-bond donors (Lipinski definition) is 1. The Labute approximate surface area is 129 Å². The molecule has 2 aliphatic carbocycles. The van der Waals surface area contributed by atoms with Gasteiger partial charge in [0.05, 0.1) is 7.11 Å². The Bertz CT molecular complexity index is 468. The topological polar surface area (TPSA) is 21.3 Å². The minimum absolute atomic E-state index is 0.298. The first-order chi connectivity index (χ1) is 10.2. The monoisotopic (exact) mass is 287 g/mol. The first kappa shape index (κ1) is 14.9. The van der Waals surface area contributed by atoms with Gasteiger partial charge in [-0.2, -0.15) is 0 Å². The molecule has 2 heteroatoms. The first-order valence-electron chi connectivity index (χ1n) is 8.58. The second kappa shape index (κ2) is 6.00. The summed E-state index contributed by atoms with van der Waals surface area (Å²) in [5.41, 5.74) is 2.37. The molecule has 21 heavy (non-hydrogen) atoms. The Kier molecular flexibility index (Phi) is 4.26. The molecule has 0 amide bonds. The second-order valence-electron chi connectivity index (χ2n) is 7.22. The summed E-state index contributed by atoms with van der Waals surface area (Å²) in [7, 11) is 1.80. The molecule has 2 nitrogen and oxygen atoms in total. The summed E-state index contributed by atoms with van der Waals surface area (Å²) >= 11 is 0. The summed E-state index contributed by atoms with van der Waals surface area (Å²) in [6.07, 6.45) is 9.64.